The van der Waals surface area contributed by atoms with Crippen LogP contribution in [-0.4, -0.2) is 27.8 Å². The van der Waals surface area contributed by atoms with Gasteiger partial charge in [-0.15, -0.1) is 0 Å². The highest BCUT2D eigenvalue weighted by Crippen LogP contribution is 2.28. The van der Waals surface area contributed by atoms with Crippen LogP contribution in [0.5, 0.6) is 0 Å². The second kappa shape index (κ2) is 7.27. The van der Waals surface area contributed by atoms with Crippen molar-refractivity contribution in [3.63, 3.8) is 0 Å². The van der Waals surface area contributed by atoms with Crippen molar-refractivity contribution in [3.05, 3.63) is 83.0 Å². The molecular formula is C23H21N3O2. The summed E-state index contributed by atoms with van der Waals surface area (Å²) in [5.41, 5.74) is 5.92. The van der Waals surface area contributed by atoms with Gasteiger partial charge >= 0.3 is 5.97 Å². The van der Waals surface area contributed by atoms with Crippen molar-refractivity contribution in [2.45, 2.75) is 20.4 Å². The highest BCUT2D eigenvalue weighted by molar-refractivity contribution is 6.04. The molecule has 28 heavy (non-hydrogen) atoms. The molecule has 2 aromatic carbocycles. The summed E-state index contributed by atoms with van der Waals surface area (Å²) in [6.45, 7) is 4.54. The molecule has 0 radical (unpaired) electrons. The van der Waals surface area contributed by atoms with Crippen molar-refractivity contribution in [1.29, 1.82) is 0 Å². The number of pyridine rings is 1. The Balaban J connectivity index is 1.91. The highest BCUT2D eigenvalue weighted by atomic mass is 16.5. The molecule has 0 unspecified atom stereocenters. The summed E-state index contributed by atoms with van der Waals surface area (Å²) in [5.74, 6) is -0.387. The molecular weight excluding hydrogens is 350 g/mol. The molecule has 0 aliphatic rings. The van der Waals surface area contributed by atoms with Gasteiger partial charge in [-0.3, -0.25) is 0 Å². The van der Waals surface area contributed by atoms with Crippen LogP contribution in [0.1, 0.15) is 27.2 Å². The van der Waals surface area contributed by atoms with Crippen molar-refractivity contribution in [2.75, 3.05) is 7.11 Å². The molecule has 0 spiro atoms. The van der Waals surface area contributed by atoms with E-state index < -0.39 is 0 Å². The van der Waals surface area contributed by atoms with E-state index in [1.54, 1.807) is 6.07 Å². The van der Waals surface area contributed by atoms with E-state index in [0.29, 0.717) is 17.8 Å². The zero-order chi connectivity index (χ0) is 19.7. The number of carbonyl (C=O) groups is 1. The summed E-state index contributed by atoms with van der Waals surface area (Å²) in [6.07, 6.45) is 0. The zero-order valence-electron chi connectivity index (χ0n) is 16.1. The minimum absolute atomic E-state index is 0.387. The van der Waals surface area contributed by atoms with E-state index in [-0.39, 0.29) is 5.97 Å². The topological polar surface area (TPSA) is 57.0 Å². The third-order valence-electron chi connectivity index (χ3n) is 4.81. The van der Waals surface area contributed by atoms with Gasteiger partial charge in [0.25, 0.3) is 0 Å². The van der Waals surface area contributed by atoms with Gasteiger partial charge in [0.05, 0.1) is 36.0 Å². The number of hydrogen-bond donors (Lipinski definition) is 0. The lowest BCUT2D eigenvalue weighted by atomic mass is 10.1. The Bertz CT molecular complexity index is 1150. The van der Waals surface area contributed by atoms with Crippen LogP contribution in [-0.2, 0) is 11.3 Å². The van der Waals surface area contributed by atoms with Gasteiger partial charge in [0.1, 0.15) is 0 Å². The fourth-order valence-corrected chi connectivity index (χ4v) is 3.36. The van der Waals surface area contributed by atoms with Gasteiger partial charge in [0, 0.05) is 5.56 Å². The quantitative estimate of drug-likeness (QED) is 0.494. The average Bonchev–Trinajstić information content (AvgIpc) is 3.04. The second-order valence-electron chi connectivity index (χ2n) is 6.84. The molecule has 0 saturated carbocycles. The number of nitrogens with zero attached hydrogens (tertiary/aromatic N) is 3. The van der Waals surface area contributed by atoms with E-state index in [1.807, 2.05) is 41.9 Å². The van der Waals surface area contributed by atoms with Gasteiger partial charge in [0.15, 0.2) is 5.65 Å². The number of fused-ring (bicyclic) bond motifs is 1. The van der Waals surface area contributed by atoms with E-state index in [9.17, 15) is 4.79 Å². The Morgan fingerprint density at radius 1 is 1.04 bits per heavy atom. The number of ether oxygens (including phenoxy) is 1. The fraction of sp³-hybridized carbons (Fsp3) is 0.174. The molecule has 0 atom stereocenters. The summed E-state index contributed by atoms with van der Waals surface area (Å²) in [4.78, 5) is 17.3. The molecule has 0 bridgehead atoms. The Morgan fingerprint density at radius 3 is 2.43 bits per heavy atom. The lowest BCUT2D eigenvalue weighted by molar-refractivity contribution is 0.0603. The largest absolute Gasteiger partial charge is 0.465 e. The molecule has 0 N–H and O–H groups in total. The van der Waals surface area contributed by atoms with Crippen LogP contribution in [0.25, 0.3) is 22.3 Å². The van der Waals surface area contributed by atoms with E-state index in [1.165, 1.54) is 12.7 Å². The molecule has 140 valence electrons. The van der Waals surface area contributed by atoms with E-state index in [0.717, 1.165) is 27.9 Å². The molecule has 2 heterocycles. The van der Waals surface area contributed by atoms with Gasteiger partial charge < -0.3 is 4.74 Å². The molecule has 0 fully saturated rings. The Morgan fingerprint density at radius 2 is 1.75 bits per heavy atom. The van der Waals surface area contributed by atoms with Crippen molar-refractivity contribution in [2.24, 2.45) is 0 Å². The fourth-order valence-electron chi connectivity index (χ4n) is 3.36. The Hall–Kier alpha value is -3.47. The maximum Gasteiger partial charge on any atom is 0.338 e. The molecule has 4 rings (SSSR count). The van der Waals surface area contributed by atoms with Crippen LogP contribution >= 0.6 is 0 Å². The first kappa shape index (κ1) is 17.9. The lowest BCUT2D eigenvalue weighted by Gasteiger charge is -2.08. The number of esters is 1. The monoisotopic (exact) mass is 371 g/mol. The first-order chi connectivity index (χ1) is 13.6. The zero-order valence-corrected chi connectivity index (χ0v) is 16.1. The molecule has 4 aromatic rings. The SMILES string of the molecule is COC(=O)c1cc(-c2ccccc2)nc2c1c(C)nn2Cc1ccc(C)cc1. The third-order valence-corrected chi connectivity index (χ3v) is 4.81. The standard InChI is InChI=1S/C23H21N3O2/c1-15-9-11-17(12-10-15)14-26-22-21(16(2)25-26)19(23(27)28-3)13-20(24-22)18-7-5-4-6-8-18/h4-13H,14H2,1-3H3. The molecule has 0 amide bonds. The van der Waals surface area contributed by atoms with E-state index in [2.05, 4.69) is 36.3 Å². The minimum Gasteiger partial charge on any atom is -0.465 e. The number of benzene rings is 2. The summed E-state index contributed by atoms with van der Waals surface area (Å²) in [7, 11) is 1.39. The van der Waals surface area contributed by atoms with Crippen LogP contribution in [0.4, 0.5) is 0 Å². The molecule has 2 aromatic heterocycles. The van der Waals surface area contributed by atoms with Gasteiger partial charge in [-0.2, -0.15) is 5.10 Å². The normalized spacial score (nSPS) is 11.0. The smallest absolute Gasteiger partial charge is 0.338 e. The van der Waals surface area contributed by atoms with Crippen LogP contribution in [0.15, 0.2) is 60.7 Å². The average molecular weight is 371 g/mol. The first-order valence-corrected chi connectivity index (χ1v) is 9.14. The van der Waals surface area contributed by atoms with Crippen LogP contribution in [0.3, 0.4) is 0 Å². The van der Waals surface area contributed by atoms with E-state index >= 15 is 0 Å². The van der Waals surface area contributed by atoms with E-state index in [4.69, 9.17) is 9.72 Å². The molecule has 0 aliphatic heterocycles. The molecule has 5 heteroatoms. The van der Waals surface area contributed by atoms with Gasteiger partial charge in [-0.25, -0.2) is 14.5 Å². The first-order valence-electron chi connectivity index (χ1n) is 9.14. The van der Waals surface area contributed by atoms with Crippen molar-refractivity contribution in [1.82, 2.24) is 14.8 Å². The predicted octanol–water partition coefficient (Wildman–Crippen LogP) is 4.55. The number of rotatable bonds is 4. The maximum atomic E-state index is 12.5. The Labute approximate surface area is 163 Å². The number of aryl methyl sites for hydroxylation is 2. The van der Waals surface area contributed by atoms with Crippen molar-refractivity contribution >= 4 is 17.0 Å². The second-order valence-corrected chi connectivity index (χ2v) is 6.84. The van der Waals surface area contributed by atoms with Crippen LogP contribution in [0, 0.1) is 13.8 Å². The predicted molar refractivity (Wildman–Crippen MR) is 109 cm³/mol. The summed E-state index contributed by atoms with van der Waals surface area (Å²) in [6, 6.07) is 19.9. The van der Waals surface area contributed by atoms with Crippen molar-refractivity contribution in [3.8, 4) is 11.3 Å². The maximum absolute atomic E-state index is 12.5. The van der Waals surface area contributed by atoms with Gasteiger partial charge in [-0.1, -0.05) is 60.2 Å². The van der Waals surface area contributed by atoms with Crippen LogP contribution in [0.2, 0.25) is 0 Å². The number of methoxy groups -OCH3 is 1. The molecule has 0 aliphatic carbocycles. The molecule has 5 nitrogen and oxygen atoms in total. The Kier molecular flexibility index (Phi) is 4.65. The summed E-state index contributed by atoms with van der Waals surface area (Å²) in [5, 5.41) is 5.40. The minimum atomic E-state index is -0.387. The summed E-state index contributed by atoms with van der Waals surface area (Å²) < 4.78 is 6.88. The molecule has 0 saturated heterocycles. The number of aromatic nitrogens is 3. The number of carbonyl (C=O) groups excluding carboxylic acids is 1. The van der Waals surface area contributed by atoms with Gasteiger partial charge in [0.2, 0.25) is 0 Å². The third kappa shape index (κ3) is 3.27. The van der Waals surface area contributed by atoms with Crippen molar-refractivity contribution < 1.29 is 9.53 Å². The van der Waals surface area contributed by atoms with Gasteiger partial charge in [-0.05, 0) is 25.5 Å². The highest BCUT2D eigenvalue weighted by Gasteiger charge is 2.20. The lowest BCUT2D eigenvalue weighted by Crippen LogP contribution is -2.06. The summed E-state index contributed by atoms with van der Waals surface area (Å²) >= 11 is 0. The number of hydrogen-bond acceptors (Lipinski definition) is 4. The van der Waals surface area contributed by atoms with Crippen LogP contribution < -0.4 is 0 Å².